The first-order valence-corrected chi connectivity index (χ1v) is 3.28. The van der Waals surface area contributed by atoms with Gasteiger partial charge in [-0.05, 0) is 13.3 Å². The maximum Gasteiger partial charge on any atom is 0.248 e. The molecular weight excluding hydrogens is 122 g/mol. The van der Waals surface area contributed by atoms with Gasteiger partial charge in [0.25, 0.3) is 0 Å². The van der Waals surface area contributed by atoms with E-state index in [4.69, 9.17) is 0 Å². The van der Waals surface area contributed by atoms with E-state index in [0.29, 0.717) is 6.42 Å². The number of alkyl halides is 2. The molecule has 0 bridgehead atoms. The molecule has 1 radical (unpaired) electrons. The summed E-state index contributed by atoms with van der Waals surface area (Å²) in [5, 5.41) is 0. The Morgan fingerprint density at radius 3 is 2.33 bits per heavy atom. The molecule has 0 atom stereocenters. The molecule has 0 saturated carbocycles. The van der Waals surface area contributed by atoms with Crippen LogP contribution < -0.4 is 0 Å². The van der Waals surface area contributed by atoms with Crippen LogP contribution in [0.25, 0.3) is 0 Å². The van der Waals surface area contributed by atoms with E-state index in [1.165, 1.54) is 0 Å². The van der Waals surface area contributed by atoms with Gasteiger partial charge in [0.2, 0.25) is 5.92 Å². The van der Waals surface area contributed by atoms with E-state index in [1.54, 1.807) is 0 Å². The fourth-order valence-electron chi connectivity index (χ4n) is 0.560. The van der Waals surface area contributed by atoms with Crippen LogP contribution in [0.2, 0.25) is 0 Å². The lowest BCUT2D eigenvalue weighted by Crippen LogP contribution is -2.09. The quantitative estimate of drug-likeness (QED) is 0.520. The first kappa shape index (κ1) is 8.86. The van der Waals surface area contributed by atoms with Gasteiger partial charge in [-0.3, -0.25) is 0 Å². The van der Waals surface area contributed by atoms with Crippen LogP contribution in [0.4, 0.5) is 8.78 Å². The lowest BCUT2D eigenvalue weighted by Gasteiger charge is -2.07. The van der Waals surface area contributed by atoms with E-state index in [-0.39, 0.29) is 0 Å². The molecule has 0 aromatic heterocycles. The topological polar surface area (TPSA) is 0 Å². The Morgan fingerprint density at radius 1 is 1.44 bits per heavy atom. The Bertz CT molecular complexity index is 63.8. The summed E-state index contributed by atoms with van der Waals surface area (Å²) in [4.78, 5) is 0. The summed E-state index contributed by atoms with van der Waals surface area (Å²) in [7, 11) is 0. The molecule has 0 amide bonds. The standard InChI is InChI=1S/C7H13F2/c1-3-4-5-6-7(2,8)9/h6H,3-5H2,1-2H3. The fraction of sp³-hybridized carbons (Fsp3) is 0.857. The molecule has 9 heavy (non-hydrogen) atoms. The van der Waals surface area contributed by atoms with Gasteiger partial charge < -0.3 is 0 Å². The second kappa shape index (κ2) is 3.80. The number of rotatable bonds is 4. The second-order valence-electron chi connectivity index (χ2n) is 2.30. The zero-order valence-corrected chi connectivity index (χ0v) is 5.95. The second-order valence-corrected chi connectivity index (χ2v) is 2.30. The maximum atomic E-state index is 12.0. The summed E-state index contributed by atoms with van der Waals surface area (Å²) in [6.45, 7) is 2.91. The minimum absolute atomic E-state index is 0.528. The van der Waals surface area contributed by atoms with Crippen LogP contribution >= 0.6 is 0 Å². The van der Waals surface area contributed by atoms with Crippen molar-refractivity contribution >= 4 is 0 Å². The van der Waals surface area contributed by atoms with Crippen molar-refractivity contribution in [3.05, 3.63) is 6.42 Å². The van der Waals surface area contributed by atoms with E-state index in [0.717, 1.165) is 26.2 Å². The number of hydrogen-bond acceptors (Lipinski definition) is 0. The van der Waals surface area contributed by atoms with Crippen LogP contribution in [0.1, 0.15) is 33.1 Å². The van der Waals surface area contributed by atoms with Crippen LogP contribution in [0.3, 0.4) is 0 Å². The van der Waals surface area contributed by atoms with Crippen molar-refractivity contribution in [3.63, 3.8) is 0 Å². The van der Waals surface area contributed by atoms with Gasteiger partial charge in [-0.25, -0.2) is 8.78 Å². The van der Waals surface area contributed by atoms with E-state index < -0.39 is 5.92 Å². The van der Waals surface area contributed by atoms with Crippen molar-refractivity contribution in [1.29, 1.82) is 0 Å². The zero-order valence-electron chi connectivity index (χ0n) is 5.95. The minimum Gasteiger partial charge on any atom is -0.207 e. The lowest BCUT2D eigenvalue weighted by atomic mass is 10.1. The van der Waals surface area contributed by atoms with Crippen molar-refractivity contribution < 1.29 is 8.78 Å². The monoisotopic (exact) mass is 135 g/mol. The average molecular weight is 135 g/mol. The maximum absolute atomic E-state index is 12.0. The van der Waals surface area contributed by atoms with Crippen molar-refractivity contribution in [2.45, 2.75) is 39.0 Å². The van der Waals surface area contributed by atoms with Gasteiger partial charge in [-0.15, -0.1) is 0 Å². The molecule has 0 N–H and O–H groups in total. The third-order valence-corrected chi connectivity index (χ3v) is 1.06. The van der Waals surface area contributed by atoms with Gasteiger partial charge in [0.05, 0.1) is 0 Å². The Balaban J connectivity index is 3.07. The molecule has 0 aliphatic rings. The molecule has 0 aromatic rings. The van der Waals surface area contributed by atoms with Gasteiger partial charge in [0.1, 0.15) is 0 Å². The summed E-state index contributed by atoms with van der Waals surface area (Å²) in [6.07, 6.45) is 3.44. The van der Waals surface area contributed by atoms with E-state index in [1.807, 2.05) is 6.92 Å². The van der Waals surface area contributed by atoms with Gasteiger partial charge >= 0.3 is 0 Å². The highest BCUT2D eigenvalue weighted by molar-refractivity contribution is 4.78. The van der Waals surface area contributed by atoms with E-state index in [9.17, 15) is 8.78 Å². The molecule has 0 fully saturated rings. The van der Waals surface area contributed by atoms with Crippen LogP contribution in [0.15, 0.2) is 0 Å². The van der Waals surface area contributed by atoms with E-state index in [2.05, 4.69) is 0 Å². The molecule has 0 aromatic carbocycles. The Kier molecular flexibility index (Phi) is 3.75. The summed E-state index contributed by atoms with van der Waals surface area (Å²) in [6, 6.07) is 0. The molecule has 2 heteroatoms. The Hall–Kier alpha value is -0.140. The summed E-state index contributed by atoms with van der Waals surface area (Å²) >= 11 is 0. The third-order valence-electron chi connectivity index (χ3n) is 1.06. The first-order chi connectivity index (χ1) is 4.06. The smallest absolute Gasteiger partial charge is 0.207 e. The average Bonchev–Trinajstić information content (AvgIpc) is 1.63. The molecule has 0 saturated heterocycles. The molecule has 0 heterocycles. The van der Waals surface area contributed by atoms with Gasteiger partial charge in [0.15, 0.2) is 0 Å². The molecule has 0 rings (SSSR count). The highest BCUT2D eigenvalue weighted by Crippen LogP contribution is 2.18. The van der Waals surface area contributed by atoms with Gasteiger partial charge in [-0.2, -0.15) is 0 Å². The lowest BCUT2D eigenvalue weighted by molar-refractivity contribution is 0.0546. The summed E-state index contributed by atoms with van der Waals surface area (Å²) in [5.41, 5.74) is 0. The summed E-state index contributed by atoms with van der Waals surface area (Å²) < 4.78 is 24.0. The van der Waals surface area contributed by atoms with Gasteiger partial charge in [-0.1, -0.05) is 19.8 Å². The first-order valence-electron chi connectivity index (χ1n) is 3.28. The largest absolute Gasteiger partial charge is 0.248 e. The molecule has 0 unspecified atom stereocenters. The molecule has 0 aliphatic heterocycles. The molecular formula is C7H13F2. The van der Waals surface area contributed by atoms with Crippen molar-refractivity contribution in [3.8, 4) is 0 Å². The van der Waals surface area contributed by atoms with Crippen molar-refractivity contribution in [2.24, 2.45) is 0 Å². The number of halogens is 2. The predicted molar refractivity (Wildman–Crippen MR) is 34.4 cm³/mol. The number of hydrogen-bond donors (Lipinski definition) is 0. The van der Waals surface area contributed by atoms with E-state index >= 15 is 0 Å². The minimum atomic E-state index is -2.57. The van der Waals surface area contributed by atoms with Crippen LogP contribution in [-0.4, -0.2) is 5.92 Å². The SMILES string of the molecule is CCCC[CH]C(C)(F)F. The molecule has 0 aliphatic carbocycles. The molecule has 0 nitrogen and oxygen atoms in total. The highest BCUT2D eigenvalue weighted by Gasteiger charge is 2.19. The fourth-order valence-corrected chi connectivity index (χ4v) is 0.560. The Morgan fingerprint density at radius 2 is 2.00 bits per heavy atom. The summed E-state index contributed by atoms with van der Waals surface area (Å²) in [5.74, 6) is -2.57. The Labute approximate surface area is 55.3 Å². The highest BCUT2D eigenvalue weighted by atomic mass is 19.3. The van der Waals surface area contributed by atoms with Crippen LogP contribution in [0.5, 0.6) is 0 Å². The predicted octanol–water partition coefficient (Wildman–Crippen LogP) is 3.04. The van der Waals surface area contributed by atoms with Gasteiger partial charge in [0, 0.05) is 6.42 Å². The van der Waals surface area contributed by atoms with Crippen LogP contribution in [-0.2, 0) is 0 Å². The molecule has 55 valence electrons. The van der Waals surface area contributed by atoms with Crippen LogP contribution in [0, 0.1) is 6.42 Å². The molecule has 0 spiro atoms. The number of unbranched alkanes of at least 4 members (excludes halogenated alkanes) is 2. The normalized spacial score (nSPS) is 12.0. The third kappa shape index (κ3) is 7.86. The zero-order chi connectivity index (χ0) is 7.33. The van der Waals surface area contributed by atoms with Crippen molar-refractivity contribution in [1.82, 2.24) is 0 Å². The van der Waals surface area contributed by atoms with Crippen molar-refractivity contribution in [2.75, 3.05) is 0 Å².